The highest BCUT2D eigenvalue weighted by Crippen LogP contribution is 2.31. The molecule has 17 nitrogen and oxygen atoms in total. The summed E-state index contributed by atoms with van der Waals surface area (Å²) in [5.74, 6) is -3.88. The van der Waals surface area contributed by atoms with Crippen molar-refractivity contribution < 1.29 is 38.4 Å². The first-order valence-corrected chi connectivity index (χ1v) is 21.0. The van der Waals surface area contributed by atoms with Gasteiger partial charge in [0.15, 0.2) is 0 Å². The molecule has 2 saturated heterocycles. The number of aliphatic imine (C=N–C) groups is 1. The fourth-order valence-electron chi connectivity index (χ4n) is 7.91. The molecule has 0 aromatic carbocycles. The predicted molar refractivity (Wildman–Crippen MR) is 225 cm³/mol. The molecule has 1 unspecified atom stereocenters. The molecule has 0 spiro atoms. The number of amides is 4. The molecular formula is C44H56N9O8-. The topological polar surface area (TPSA) is 172 Å². The molecule has 0 radical (unpaired) electrons. The van der Waals surface area contributed by atoms with Crippen molar-refractivity contribution in [3.63, 3.8) is 0 Å². The molecule has 17 heteroatoms. The fraction of sp³-hybridized carbons (Fsp3) is 0.477. The van der Waals surface area contributed by atoms with Crippen LogP contribution in [0.2, 0.25) is 0 Å². The molecule has 6 heterocycles. The first-order chi connectivity index (χ1) is 29.3. The molecule has 0 saturated carbocycles. The van der Waals surface area contributed by atoms with Crippen LogP contribution in [0.4, 0.5) is 0 Å². The Morgan fingerprint density at radius 2 is 1.18 bits per heavy atom. The van der Waals surface area contributed by atoms with Crippen molar-refractivity contribution in [2.24, 2.45) is 19.1 Å². The van der Waals surface area contributed by atoms with E-state index in [-0.39, 0.29) is 43.0 Å². The Hall–Kier alpha value is -5.78. The van der Waals surface area contributed by atoms with Crippen molar-refractivity contribution in [3.8, 4) is 11.3 Å². The molecule has 0 N–H and O–H groups in total. The van der Waals surface area contributed by atoms with Gasteiger partial charge in [0.2, 0.25) is 0 Å². The Labute approximate surface area is 356 Å². The zero-order valence-corrected chi connectivity index (χ0v) is 36.0. The lowest BCUT2D eigenvalue weighted by molar-refractivity contribution is -0.173. The van der Waals surface area contributed by atoms with E-state index in [1.165, 1.54) is 0 Å². The van der Waals surface area contributed by atoms with E-state index < -0.39 is 35.6 Å². The van der Waals surface area contributed by atoms with E-state index in [9.17, 15) is 28.8 Å². The largest absolute Gasteiger partial charge is 0.380 e. The van der Waals surface area contributed by atoms with Crippen LogP contribution >= 0.6 is 0 Å². The molecule has 326 valence electrons. The van der Waals surface area contributed by atoms with Crippen LogP contribution in [-0.4, -0.2) is 126 Å². The highest BCUT2D eigenvalue weighted by Gasteiger charge is 2.35. The number of carbonyl (C=O) groups is 6. The van der Waals surface area contributed by atoms with Gasteiger partial charge in [-0.1, -0.05) is 33.8 Å². The Morgan fingerprint density at radius 3 is 1.70 bits per heavy atom. The van der Waals surface area contributed by atoms with Crippen LogP contribution < -0.4 is 0 Å². The van der Waals surface area contributed by atoms with E-state index >= 15 is 0 Å². The Kier molecular flexibility index (Phi) is 14.5. The third-order valence-electron chi connectivity index (χ3n) is 11.5. The van der Waals surface area contributed by atoms with Gasteiger partial charge in [-0.3, -0.25) is 39.0 Å². The van der Waals surface area contributed by atoms with Gasteiger partial charge in [-0.15, -0.1) is 16.7 Å². The lowest BCUT2D eigenvalue weighted by Crippen LogP contribution is -2.33. The minimum absolute atomic E-state index is 0.00643. The zero-order chi connectivity index (χ0) is 44.0. The molecule has 2 fully saturated rings. The van der Waals surface area contributed by atoms with E-state index in [1.54, 1.807) is 35.4 Å². The van der Waals surface area contributed by atoms with E-state index in [0.717, 1.165) is 65.9 Å². The molecule has 1 atom stereocenters. The second-order valence-electron chi connectivity index (χ2n) is 15.4. The SMILES string of the molecule is [CH2-]CN(CC1=NC(CN(CC)CC)=CC(c2ccc(C(=O)ON3C(=O)CCC3=O)n2C)C1)Cc1cc(-c2ccc(C(=O)ON3C(=O)CCC3=O)n2C)cc(CN(CC)CC)n1. The lowest BCUT2D eigenvalue weighted by atomic mass is 9.93. The maximum absolute atomic E-state index is 13.2. The van der Waals surface area contributed by atoms with Crippen molar-refractivity contribution in [3.05, 3.63) is 83.6 Å². The van der Waals surface area contributed by atoms with Gasteiger partial charge < -0.3 is 30.6 Å². The molecular weight excluding hydrogens is 783 g/mol. The van der Waals surface area contributed by atoms with E-state index in [4.69, 9.17) is 19.7 Å². The molecule has 6 rings (SSSR count). The normalized spacial score (nSPS) is 17.0. The van der Waals surface area contributed by atoms with Crippen LogP contribution in [-0.2, 0) is 56.0 Å². The van der Waals surface area contributed by atoms with E-state index in [2.05, 4.69) is 55.4 Å². The molecule has 3 aromatic heterocycles. The molecule has 3 aromatic rings. The highest BCUT2D eigenvalue weighted by atomic mass is 16.7. The van der Waals surface area contributed by atoms with Gasteiger partial charge in [-0.05, 0) is 69.0 Å². The third kappa shape index (κ3) is 10.2. The number of hydroxylamine groups is 4. The van der Waals surface area contributed by atoms with Crippen molar-refractivity contribution in [2.75, 3.05) is 45.8 Å². The maximum atomic E-state index is 13.2. The molecule has 0 bridgehead atoms. The predicted octanol–water partition coefficient (Wildman–Crippen LogP) is 4.20. The average molecular weight is 839 g/mol. The summed E-state index contributed by atoms with van der Waals surface area (Å²) in [4.78, 5) is 102. The Balaban J connectivity index is 1.25. The molecule has 3 aliphatic rings. The number of imide groups is 2. The van der Waals surface area contributed by atoms with Crippen molar-refractivity contribution >= 4 is 41.3 Å². The number of pyridine rings is 1. The zero-order valence-electron chi connectivity index (χ0n) is 36.0. The van der Waals surface area contributed by atoms with Crippen LogP contribution in [0, 0.1) is 6.92 Å². The summed E-state index contributed by atoms with van der Waals surface area (Å²) in [7, 11) is 3.51. The first kappa shape index (κ1) is 44.8. The number of hydrogen-bond donors (Lipinski definition) is 0. The monoisotopic (exact) mass is 838 g/mol. The quantitative estimate of drug-likeness (QED) is 0.125. The number of allylic oxidation sites excluding steroid dienone is 1. The first-order valence-electron chi connectivity index (χ1n) is 21.0. The molecule has 0 aliphatic carbocycles. The van der Waals surface area contributed by atoms with Gasteiger partial charge in [0.1, 0.15) is 11.4 Å². The lowest BCUT2D eigenvalue weighted by Gasteiger charge is -2.29. The number of carbonyl (C=O) groups excluding carboxylic acids is 6. The van der Waals surface area contributed by atoms with Crippen LogP contribution in [0.15, 0.2) is 53.2 Å². The van der Waals surface area contributed by atoms with Gasteiger partial charge in [-0.2, -0.15) is 0 Å². The molecule has 4 amide bonds. The second kappa shape index (κ2) is 19.7. The number of hydrogen-bond acceptors (Lipinski definition) is 13. The van der Waals surface area contributed by atoms with Crippen molar-refractivity contribution in [2.45, 2.75) is 78.8 Å². The Morgan fingerprint density at radius 1 is 0.689 bits per heavy atom. The summed E-state index contributed by atoms with van der Waals surface area (Å²) in [6, 6.07) is 11.0. The minimum atomic E-state index is -0.805. The van der Waals surface area contributed by atoms with Gasteiger partial charge in [-0.25, -0.2) is 9.59 Å². The number of nitrogens with zero attached hydrogens (tertiary/aromatic N) is 9. The van der Waals surface area contributed by atoms with Gasteiger partial charge in [0.05, 0.1) is 17.1 Å². The number of aromatic nitrogens is 3. The van der Waals surface area contributed by atoms with Gasteiger partial charge in [0.25, 0.3) is 23.6 Å². The smallest absolute Gasteiger partial charge is 0.342 e. The molecule has 3 aliphatic heterocycles. The summed E-state index contributed by atoms with van der Waals surface area (Å²) in [5.41, 5.74) is 6.33. The second-order valence-corrected chi connectivity index (χ2v) is 15.4. The summed E-state index contributed by atoms with van der Waals surface area (Å²) >= 11 is 0. The van der Waals surface area contributed by atoms with Gasteiger partial charge in [0, 0.05) is 94.5 Å². The summed E-state index contributed by atoms with van der Waals surface area (Å²) in [5, 5.41) is 1.11. The summed E-state index contributed by atoms with van der Waals surface area (Å²) in [6.45, 7) is 18.7. The van der Waals surface area contributed by atoms with Crippen LogP contribution in [0.1, 0.15) is 104 Å². The molecule has 61 heavy (non-hydrogen) atoms. The minimum Gasteiger partial charge on any atom is -0.342 e. The van der Waals surface area contributed by atoms with Crippen molar-refractivity contribution in [1.29, 1.82) is 0 Å². The summed E-state index contributed by atoms with van der Waals surface area (Å²) < 4.78 is 3.44. The number of rotatable bonds is 19. The third-order valence-corrected chi connectivity index (χ3v) is 11.5. The van der Waals surface area contributed by atoms with Crippen LogP contribution in [0.3, 0.4) is 0 Å². The highest BCUT2D eigenvalue weighted by molar-refractivity contribution is 6.03. The van der Waals surface area contributed by atoms with E-state index in [1.807, 2.05) is 24.3 Å². The summed E-state index contributed by atoms with van der Waals surface area (Å²) in [6.07, 6.45) is 2.75. The van der Waals surface area contributed by atoms with Gasteiger partial charge >= 0.3 is 11.9 Å². The fourth-order valence-corrected chi connectivity index (χ4v) is 7.91. The maximum Gasteiger partial charge on any atom is 0.380 e. The standard InChI is InChI=1S/C44H56N9O8/c1-8-49(9-2)25-31-21-29(35-13-15-37(47(35)6)43(58)60-52-39(54)17-18-40(52)55)23-33(45-31)27-51(12-5)28-34-24-30(22-32(46-34)26-50(10-3)11-4)36-14-16-38(48(36)7)44(59)61-53-41(56)19-20-42(53)57/h13-16,21-23,30H,5,8-12,17-20,24-28H2,1-4,6-7H3/q-1. The van der Waals surface area contributed by atoms with E-state index in [0.29, 0.717) is 49.3 Å². The van der Waals surface area contributed by atoms with Crippen LogP contribution in [0.5, 0.6) is 0 Å². The number of likely N-dealkylation sites (N-methyl/N-ethyl adjacent to an activating group) is 1. The van der Waals surface area contributed by atoms with Crippen molar-refractivity contribution in [1.82, 2.24) is 38.9 Å². The Bertz CT molecular complexity index is 2200. The average Bonchev–Trinajstić information content (AvgIpc) is 4.01. The van der Waals surface area contributed by atoms with Crippen LogP contribution in [0.25, 0.3) is 11.3 Å².